The molecule has 29 heavy (non-hydrogen) atoms. The maximum absolute atomic E-state index is 12.3. The van der Waals surface area contributed by atoms with Crippen molar-refractivity contribution in [3.05, 3.63) is 66.0 Å². The number of nitrogens with two attached hydrogens (primary N) is 1. The number of anilines is 3. The van der Waals surface area contributed by atoms with E-state index in [1.54, 1.807) is 6.92 Å². The average Bonchev–Trinajstić information content (AvgIpc) is 2.72. The van der Waals surface area contributed by atoms with Crippen LogP contribution in [-0.4, -0.2) is 26.2 Å². The molecule has 3 N–H and O–H groups in total. The topological polar surface area (TPSA) is 103 Å². The van der Waals surface area contributed by atoms with Gasteiger partial charge in [0, 0.05) is 10.6 Å². The Bertz CT molecular complexity index is 968. The number of benzene rings is 2. The maximum atomic E-state index is 12.3. The summed E-state index contributed by atoms with van der Waals surface area (Å²) in [5, 5.41) is 2.81. The van der Waals surface area contributed by atoms with Crippen molar-refractivity contribution in [2.45, 2.75) is 37.0 Å². The van der Waals surface area contributed by atoms with E-state index in [4.69, 9.17) is 10.5 Å². The molecule has 0 bridgehead atoms. The van der Waals surface area contributed by atoms with Crippen molar-refractivity contribution in [3.63, 3.8) is 0 Å². The van der Waals surface area contributed by atoms with Crippen LogP contribution >= 0.6 is 11.8 Å². The lowest BCUT2D eigenvalue weighted by atomic mass is 10.1. The number of hydrogen-bond donors (Lipinski definition) is 2. The fourth-order valence-corrected chi connectivity index (χ4v) is 3.52. The summed E-state index contributed by atoms with van der Waals surface area (Å²) in [6, 6.07) is 17.6. The van der Waals surface area contributed by atoms with Crippen LogP contribution in [0.5, 0.6) is 0 Å². The van der Waals surface area contributed by atoms with Gasteiger partial charge in [0.2, 0.25) is 11.9 Å². The number of carbonyl (C=O) groups is 1. The molecule has 1 atom stereocenters. The molecule has 1 aromatic heterocycles. The number of esters is 1. The lowest BCUT2D eigenvalue weighted by Gasteiger charge is -2.12. The zero-order valence-corrected chi connectivity index (χ0v) is 17.1. The van der Waals surface area contributed by atoms with E-state index in [1.165, 1.54) is 11.8 Å². The number of para-hydroxylation sites is 1. The zero-order valence-electron chi connectivity index (χ0n) is 16.3. The summed E-state index contributed by atoms with van der Waals surface area (Å²) in [5.41, 5.74) is 7.84. The first-order valence-corrected chi connectivity index (χ1v) is 10.2. The van der Waals surface area contributed by atoms with Gasteiger partial charge in [-0.05, 0) is 37.1 Å². The van der Waals surface area contributed by atoms with Crippen LogP contribution in [0, 0.1) is 0 Å². The first kappa shape index (κ1) is 20.6. The minimum absolute atomic E-state index is 0.0641. The summed E-state index contributed by atoms with van der Waals surface area (Å²) in [6.07, 6.45) is 0.866. The fraction of sp³-hybridized carbons (Fsp3) is 0.238. The second-order valence-corrected chi connectivity index (χ2v) is 7.66. The normalized spacial score (nSPS) is 11.7. The van der Waals surface area contributed by atoms with E-state index in [0.29, 0.717) is 11.8 Å². The number of nitrogens with one attached hydrogen (secondary N) is 1. The second-order valence-electron chi connectivity index (χ2n) is 6.25. The summed E-state index contributed by atoms with van der Waals surface area (Å²) in [6.45, 7) is 3.80. The molecule has 1 heterocycles. The molecular formula is C21H23N5O2S. The van der Waals surface area contributed by atoms with Crippen LogP contribution in [0.3, 0.4) is 0 Å². The van der Waals surface area contributed by atoms with Gasteiger partial charge in [0.1, 0.15) is 5.25 Å². The van der Waals surface area contributed by atoms with Gasteiger partial charge < -0.3 is 15.8 Å². The monoisotopic (exact) mass is 409 g/mol. The van der Waals surface area contributed by atoms with E-state index in [-0.39, 0.29) is 23.8 Å². The second kappa shape index (κ2) is 9.88. The number of aryl methyl sites for hydroxylation is 1. The minimum Gasteiger partial charge on any atom is -0.457 e. The number of thioether (sulfide) groups is 1. The van der Waals surface area contributed by atoms with Gasteiger partial charge in [-0.15, -0.1) is 11.8 Å². The number of carbonyl (C=O) groups excluding carboxylic acids is 1. The van der Waals surface area contributed by atoms with Gasteiger partial charge in [-0.3, -0.25) is 4.79 Å². The molecule has 7 nitrogen and oxygen atoms in total. The zero-order chi connectivity index (χ0) is 20.6. The molecular weight excluding hydrogens is 386 g/mol. The molecule has 0 aliphatic heterocycles. The molecule has 3 aromatic rings. The molecule has 8 heteroatoms. The Labute approximate surface area is 174 Å². The third kappa shape index (κ3) is 5.92. The van der Waals surface area contributed by atoms with Crippen LogP contribution < -0.4 is 11.1 Å². The van der Waals surface area contributed by atoms with Crippen LogP contribution in [0.2, 0.25) is 0 Å². The van der Waals surface area contributed by atoms with Crippen LogP contribution in [0.1, 0.15) is 25.2 Å². The molecule has 0 spiro atoms. The summed E-state index contributed by atoms with van der Waals surface area (Å²) in [4.78, 5) is 25.8. The van der Waals surface area contributed by atoms with E-state index in [1.807, 2.05) is 54.6 Å². The van der Waals surface area contributed by atoms with E-state index in [9.17, 15) is 4.79 Å². The van der Waals surface area contributed by atoms with Crippen molar-refractivity contribution in [2.75, 3.05) is 11.1 Å². The highest BCUT2D eigenvalue weighted by Crippen LogP contribution is 2.24. The van der Waals surface area contributed by atoms with Crippen LogP contribution in [0.4, 0.5) is 17.6 Å². The summed E-state index contributed by atoms with van der Waals surface area (Å²) < 4.78 is 5.37. The van der Waals surface area contributed by atoms with Crippen molar-refractivity contribution in [2.24, 2.45) is 0 Å². The Kier molecular flexibility index (Phi) is 7.02. The number of aromatic nitrogens is 3. The largest absolute Gasteiger partial charge is 0.457 e. The third-order valence-electron chi connectivity index (χ3n) is 4.08. The third-order valence-corrected chi connectivity index (χ3v) is 5.17. The molecule has 0 radical (unpaired) electrons. The molecule has 0 unspecified atom stereocenters. The minimum atomic E-state index is -0.356. The predicted octanol–water partition coefficient (Wildman–Crippen LogP) is 3.98. The number of hydrogen-bond acceptors (Lipinski definition) is 8. The number of nitrogens with zero attached hydrogens (tertiary/aromatic N) is 3. The van der Waals surface area contributed by atoms with Crippen molar-refractivity contribution < 1.29 is 9.53 Å². The Morgan fingerprint density at radius 2 is 1.83 bits per heavy atom. The molecule has 0 aliphatic carbocycles. The molecule has 0 aliphatic rings. The smallest absolute Gasteiger partial charge is 0.319 e. The van der Waals surface area contributed by atoms with Crippen molar-refractivity contribution in [1.82, 2.24) is 15.0 Å². The summed E-state index contributed by atoms with van der Waals surface area (Å²) in [7, 11) is 0. The molecule has 0 saturated heterocycles. The fourth-order valence-electron chi connectivity index (χ4n) is 2.63. The highest BCUT2D eigenvalue weighted by atomic mass is 32.2. The summed E-state index contributed by atoms with van der Waals surface area (Å²) >= 11 is 1.43. The standard InChI is InChI=1S/C21H23N5O2S/c1-3-15-9-7-8-12-17(15)23-21-25-18(24-20(22)26-21)13-28-19(27)14(2)29-16-10-5-4-6-11-16/h4-12,14H,3,13H2,1-2H3,(H3,22,23,24,25,26)/t14-/m0/s1. The average molecular weight is 410 g/mol. The van der Waals surface area contributed by atoms with Gasteiger partial charge in [0.15, 0.2) is 12.4 Å². The molecule has 2 aromatic carbocycles. The first-order valence-electron chi connectivity index (χ1n) is 9.29. The van der Waals surface area contributed by atoms with E-state index < -0.39 is 0 Å². The molecule has 0 fully saturated rings. The van der Waals surface area contributed by atoms with E-state index in [0.717, 1.165) is 22.6 Å². The Morgan fingerprint density at radius 1 is 1.10 bits per heavy atom. The van der Waals surface area contributed by atoms with Crippen LogP contribution in [0.15, 0.2) is 59.5 Å². The van der Waals surface area contributed by atoms with Gasteiger partial charge in [-0.25, -0.2) is 0 Å². The summed E-state index contributed by atoms with van der Waals surface area (Å²) in [5.74, 6) is 0.327. The van der Waals surface area contributed by atoms with Crippen molar-refractivity contribution in [1.29, 1.82) is 0 Å². The van der Waals surface area contributed by atoms with Gasteiger partial charge in [-0.1, -0.05) is 43.3 Å². The van der Waals surface area contributed by atoms with Crippen molar-refractivity contribution in [3.8, 4) is 0 Å². The maximum Gasteiger partial charge on any atom is 0.319 e. The van der Waals surface area contributed by atoms with Gasteiger partial charge >= 0.3 is 5.97 Å². The quantitative estimate of drug-likeness (QED) is 0.425. The lowest BCUT2D eigenvalue weighted by molar-refractivity contribution is -0.144. The molecule has 0 amide bonds. The highest BCUT2D eigenvalue weighted by molar-refractivity contribution is 8.00. The molecule has 150 valence electrons. The van der Waals surface area contributed by atoms with Crippen molar-refractivity contribution >= 4 is 35.3 Å². The van der Waals surface area contributed by atoms with Gasteiger partial charge in [0.05, 0.1) is 0 Å². The van der Waals surface area contributed by atoms with Gasteiger partial charge in [0.25, 0.3) is 0 Å². The van der Waals surface area contributed by atoms with E-state index in [2.05, 4.69) is 27.2 Å². The SMILES string of the molecule is CCc1ccccc1Nc1nc(N)nc(COC(=O)[C@H](C)Sc2ccccc2)n1. The Morgan fingerprint density at radius 3 is 2.59 bits per heavy atom. The van der Waals surface area contributed by atoms with Crippen LogP contribution in [0.25, 0.3) is 0 Å². The Hall–Kier alpha value is -3.13. The molecule has 3 rings (SSSR count). The molecule has 0 saturated carbocycles. The van der Waals surface area contributed by atoms with E-state index >= 15 is 0 Å². The van der Waals surface area contributed by atoms with Gasteiger partial charge in [-0.2, -0.15) is 15.0 Å². The number of nitrogen functional groups attached to an aromatic ring is 1. The van der Waals surface area contributed by atoms with Crippen LogP contribution in [-0.2, 0) is 22.6 Å². The lowest BCUT2D eigenvalue weighted by Crippen LogP contribution is -2.18. The highest BCUT2D eigenvalue weighted by Gasteiger charge is 2.17. The predicted molar refractivity (Wildman–Crippen MR) is 115 cm³/mol. The number of ether oxygens (including phenoxy) is 1. The number of rotatable bonds is 8. The first-order chi connectivity index (χ1) is 14.0. The Balaban J connectivity index is 1.63.